The molecule has 2 aromatic carbocycles. The van der Waals surface area contributed by atoms with E-state index in [1.165, 1.54) is 0 Å². The standard InChI is InChI=1S/C15H13ClO3/c16-13-8-6-12(7-9-13)15-17-10-14(18-19-15)11-4-2-1-3-5-11/h1-9,14-15H,10H2. The highest BCUT2D eigenvalue weighted by Crippen LogP contribution is 2.31. The first kappa shape index (κ1) is 12.6. The Hall–Kier alpha value is -1.39. The molecule has 3 rings (SSSR count). The van der Waals surface area contributed by atoms with Crippen LogP contribution in [0.4, 0.5) is 0 Å². The Labute approximate surface area is 116 Å². The maximum absolute atomic E-state index is 5.84. The molecule has 0 amide bonds. The first-order chi connectivity index (χ1) is 9.33. The Balaban J connectivity index is 1.65. The molecule has 1 aliphatic heterocycles. The van der Waals surface area contributed by atoms with Gasteiger partial charge in [0.05, 0.1) is 6.61 Å². The maximum atomic E-state index is 5.84. The molecule has 2 unspecified atom stereocenters. The van der Waals surface area contributed by atoms with Crippen molar-refractivity contribution in [1.29, 1.82) is 0 Å². The van der Waals surface area contributed by atoms with Crippen LogP contribution in [0.2, 0.25) is 5.02 Å². The minimum absolute atomic E-state index is 0.190. The van der Waals surface area contributed by atoms with Gasteiger partial charge in [0.1, 0.15) is 6.10 Å². The topological polar surface area (TPSA) is 27.7 Å². The van der Waals surface area contributed by atoms with Gasteiger partial charge in [0, 0.05) is 10.6 Å². The van der Waals surface area contributed by atoms with E-state index < -0.39 is 6.29 Å². The van der Waals surface area contributed by atoms with Crippen LogP contribution >= 0.6 is 11.6 Å². The molecule has 98 valence electrons. The Morgan fingerprint density at radius 1 is 0.842 bits per heavy atom. The fourth-order valence-electron chi connectivity index (χ4n) is 1.94. The van der Waals surface area contributed by atoms with Crippen molar-refractivity contribution in [1.82, 2.24) is 0 Å². The summed E-state index contributed by atoms with van der Waals surface area (Å²) in [5.74, 6) is 0. The minimum atomic E-state index is -0.503. The molecule has 1 fully saturated rings. The zero-order valence-corrected chi connectivity index (χ0v) is 10.9. The van der Waals surface area contributed by atoms with Crippen LogP contribution in [0.15, 0.2) is 54.6 Å². The van der Waals surface area contributed by atoms with Crippen LogP contribution in [0.1, 0.15) is 23.5 Å². The zero-order chi connectivity index (χ0) is 13.1. The van der Waals surface area contributed by atoms with Crippen LogP contribution in [0.5, 0.6) is 0 Å². The molecule has 2 aromatic rings. The molecule has 0 bridgehead atoms. The normalized spacial score (nSPS) is 23.2. The SMILES string of the molecule is Clc1ccc(C2OCC(c3ccccc3)OO2)cc1. The van der Waals surface area contributed by atoms with E-state index in [-0.39, 0.29) is 6.10 Å². The van der Waals surface area contributed by atoms with E-state index in [1.54, 1.807) is 12.1 Å². The van der Waals surface area contributed by atoms with E-state index >= 15 is 0 Å². The molecule has 0 radical (unpaired) electrons. The van der Waals surface area contributed by atoms with Crippen LogP contribution in [-0.4, -0.2) is 6.61 Å². The molecule has 19 heavy (non-hydrogen) atoms. The molecule has 0 aliphatic carbocycles. The summed E-state index contributed by atoms with van der Waals surface area (Å²) in [5, 5.41) is 0.683. The molecule has 1 aliphatic rings. The van der Waals surface area contributed by atoms with E-state index in [9.17, 15) is 0 Å². The lowest BCUT2D eigenvalue weighted by atomic mass is 10.1. The third-order valence-electron chi connectivity index (χ3n) is 2.97. The van der Waals surface area contributed by atoms with Crippen molar-refractivity contribution in [2.75, 3.05) is 6.61 Å². The molecular weight excluding hydrogens is 264 g/mol. The van der Waals surface area contributed by atoms with Gasteiger partial charge < -0.3 is 4.74 Å². The lowest BCUT2D eigenvalue weighted by Gasteiger charge is -2.28. The first-order valence-corrected chi connectivity index (χ1v) is 6.45. The molecular formula is C15H13ClO3. The van der Waals surface area contributed by atoms with E-state index in [0.717, 1.165) is 11.1 Å². The van der Waals surface area contributed by atoms with Crippen molar-refractivity contribution in [3.8, 4) is 0 Å². The van der Waals surface area contributed by atoms with E-state index in [1.807, 2.05) is 42.5 Å². The number of benzene rings is 2. The van der Waals surface area contributed by atoms with Gasteiger partial charge in [0.2, 0.25) is 6.29 Å². The first-order valence-electron chi connectivity index (χ1n) is 6.07. The Bertz CT molecular complexity index is 519. The molecule has 0 aromatic heterocycles. The van der Waals surface area contributed by atoms with Gasteiger partial charge in [-0.1, -0.05) is 54.1 Å². The average Bonchev–Trinajstić information content (AvgIpc) is 2.49. The van der Waals surface area contributed by atoms with Crippen molar-refractivity contribution in [2.45, 2.75) is 12.4 Å². The monoisotopic (exact) mass is 276 g/mol. The van der Waals surface area contributed by atoms with E-state index in [2.05, 4.69) is 0 Å². The highest BCUT2D eigenvalue weighted by Gasteiger charge is 2.26. The van der Waals surface area contributed by atoms with Gasteiger partial charge in [-0.05, 0) is 17.7 Å². The van der Waals surface area contributed by atoms with E-state index in [4.69, 9.17) is 26.1 Å². The highest BCUT2D eigenvalue weighted by molar-refractivity contribution is 6.30. The molecule has 3 nitrogen and oxygen atoms in total. The second kappa shape index (κ2) is 5.72. The minimum Gasteiger partial charge on any atom is -0.343 e. The summed E-state index contributed by atoms with van der Waals surface area (Å²) in [7, 11) is 0. The number of halogens is 1. The van der Waals surface area contributed by atoms with Crippen LogP contribution in [0.25, 0.3) is 0 Å². The van der Waals surface area contributed by atoms with Gasteiger partial charge in [-0.25, -0.2) is 4.89 Å². The van der Waals surface area contributed by atoms with Crippen LogP contribution in [-0.2, 0) is 14.5 Å². The fourth-order valence-corrected chi connectivity index (χ4v) is 2.07. The van der Waals surface area contributed by atoms with Gasteiger partial charge in [0.15, 0.2) is 0 Å². The predicted octanol–water partition coefficient (Wildman–Crippen LogP) is 4.06. The summed E-state index contributed by atoms with van der Waals surface area (Å²) >= 11 is 5.84. The van der Waals surface area contributed by atoms with Gasteiger partial charge in [0.25, 0.3) is 0 Å². The summed E-state index contributed by atoms with van der Waals surface area (Å²) in [5.41, 5.74) is 1.92. The van der Waals surface area contributed by atoms with Crippen molar-refractivity contribution in [3.63, 3.8) is 0 Å². The van der Waals surface area contributed by atoms with Gasteiger partial charge in [-0.15, -0.1) is 0 Å². The van der Waals surface area contributed by atoms with Gasteiger partial charge in [-0.3, -0.25) is 0 Å². The van der Waals surface area contributed by atoms with Crippen LogP contribution < -0.4 is 0 Å². The average molecular weight is 277 g/mol. The summed E-state index contributed by atoms with van der Waals surface area (Å²) in [6.45, 7) is 0.456. The smallest absolute Gasteiger partial charge is 0.217 e. The number of hydrogen-bond donors (Lipinski definition) is 0. The van der Waals surface area contributed by atoms with Crippen molar-refractivity contribution in [2.24, 2.45) is 0 Å². The lowest BCUT2D eigenvalue weighted by molar-refractivity contribution is -0.449. The van der Waals surface area contributed by atoms with Gasteiger partial charge in [-0.2, -0.15) is 4.89 Å². The highest BCUT2D eigenvalue weighted by atomic mass is 35.5. The Kier molecular flexibility index (Phi) is 3.80. The summed E-state index contributed by atoms with van der Waals surface area (Å²) in [4.78, 5) is 10.7. The molecule has 0 spiro atoms. The maximum Gasteiger partial charge on any atom is 0.217 e. The summed E-state index contributed by atoms with van der Waals surface area (Å²) in [6.07, 6.45) is -0.693. The third kappa shape index (κ3) is 2.96. The Morgan fingerprint density at radius 3 is 2.21 bits per heavy atom. The molecule has 2 atom stereocenters. The predicted molar refractivity (Wildman–Crippen MR) is 71.5 cm³/mol. The second-order valence-corrected chi connectivity index (χ2v) is 4.75. The second-order valence-electron chi connectivity index (χ2n) is 4.31. The Morgan fingerprint density at radius 2 is 1.58 bits per heavy atom. The largest absolute Gasteiger partial charge is 0.343 e. The quantitative estimate of drug-likeness (QED) is 0.774. The lowest BCUT2D eigenvalue weighted by Crippen LogP contribution is -2.23. The molecule has 1 heterocycles. The number of rotatable bonds is 2. The van der Waals surface area contributed by atoms with Crippen LogP contribution in [0.3, 0.4) is 0 Å². The zero-order valence-electron chi connectivity index (χ0n) is 10.2. The van der Waals surface area contributed by atoms with E-state index in [0.29, 0.717) is 11.6 Å². The van der Waals surface area contributed by atoms with Crippen molar-refractivity contribution >= 4 is 11.6 Å². The summed E-state index contributed by atoms with van der Waals surface area (Å²) < 4.78 is 5.68. The molecule has 1 saturated heterocycles. The number of hydrogen-bond acceptors (Lipinski definition) is 3. The van der Waals surface area contributed by atoms with Crippen LogP contribution in [0, 0.1) is 0 Å². The fraction of sp³-hybridized carbons (Fsp3) is 0.200. The third-order valence-corrected chi connectivity index (χ3v) is 3.22. The molecule has 4 heteroatoms. The molecule has 0 N–H and O–H groups in total. The van der Waals surface area contributed by atoms with Crippen molar-refractivity contribution < 1.29 is 14.5 Å². The van der Waals surface area contributed by atoms with Crippen molar-refractivity contribution in [3.05, 3.63) is 70.7 Å². The molecule has 0 saturated carbocycles. The van der Waals surface area contributed by atoms with Gasteiger partial charge >= 0.3 is 0 Å². The summed E-state index contributed by atoms with van der Waals surface area (Å²) in [6, 6.07) is 17.2. The number of ether oxygens (including phenoxy) is 1.